The molecule has 1 amide bonds. The Bertz CT molecular complexity index is 611. The standard InChI is InChI=1S/C13H10F10N2O/c1-7(8-5-3-2-4-6-8)24-9(26)10(14,11(15,16)17)25(12(18,19)20)13(21,22)23/h2-7H,1H3,(H,24,26)/t7-,10+/m1/s1. The molecule has 26 heavy (non-hydrogen) atoms. The van der Waals surface area contributed by atoms with E-state index < -0.39 is 41.4 Å². The van der Waals surface area contributed by atoms with Gasteiger partial charge in [0.2, 0.25) is 0 Å². The lowest BCUT2D eigenvalue weighted by atomic mass is 10.1. The predicted molar refractivity (Wildman–Crippen MR) is 66.8 cm³/mol. The van der Waals surface area contributed by atoms with Gasteiger partial charge < -0.3 is 5.32 Å². The minimum Gasteiger partial charge on any atom is -0.345 e. The second kappa shape index (κ2) is 6.93. The molecule has 13 heteroatoms. The van der Waals surface area contributed by atoms with Crippen LogP contribution in [0.15, 0.2) is 30.3 Å². The zero-order chi connectivity index (χ0) is 20.6. The number of hydrogen-bond acceptors (Lipinski definition) is 2. The van der Waals surface area contributed by atoms with E-state index in [1.54, 1.807) is 0 Å². The molecule has 0 saturated heterocycles. The van der Waals surface area contributed by atoms with Gasteiger partial charge in [0.25, 0.3) is 5.91 Å². The molecule has 1 rings (SSSR count). The first-order chi connectivity index (χ1) is 11.5. The van der Waals surface area contributed by atoms with Crippen molar-refractivity contribution in [3.63, 3.8) is 0 Å². The fraction of sp³-hybridized carbons (Fsp3) is 0.462. The second-order valence-corrected chi connectivity index (χ2v) is 5.00. The fourth-order valence-electron chi connectivity index (χ4n) is 1.97. The Morgan fingerprint density at radius 1 is 0.885 bits per heavy atom. The van der Waals surface area contributed by atoms with Gasteiger partial charge in [-0.25, -0.2) is 4.39 Å². The van der Waals surface area contributed by atoms with Crippen LogP contribution in [0.5, 0.6) is 0 Å². The fourth-order valence-corrected chi connectivity index (χ4v) is 1.97. The lowest BCUT2D eigenvalue weighted by Crippen LogP contribution is -2.71. The van der Waals surface area contributed by atoms with Crippen LogP contribution in [-0.2, 0) is 4.79 Å². The third-order valence-electron chi connectivity index (χ3n) is 3.14. The van der Waals surface area contributed by atoms with Gasteiger partial charge in [-0.15, -0.1) is 0 Å². The van der Waals surface area contributed by atoms with Crippen molar-refractivity contribution in [3.8, 4) is 0 Å². The molecule has 3 nitrogen and oxygen atoms in total. The Morgan fingerprint density at radius 2 is 1.31 bits per heavy atom. The van der Waals surface area contributed by atoms with Gasteiger partial charge >= 0.3 is 24.6 Å². The molecule has 0 saturated carbocycles. The van der Waals surface area contributed by atoms with Crippen LogP contribution in [0.3, 0.4) is 0 Å². The summed E-state index contributed by atoms with van der Waals surface area (Å²) in [5, 5.41) is 1.19. The Labute approximate surface area is 139 Å². The van der Waals surface area contributed by atoms with Gasteiger partial charge in [-0.3, -0.25) is 4.79 Å². The van der Waals surface area contributed by atoms with Crippen LogP contribution in [0.25, 0.3) is 0 Å². The zero-order valence-corrected chi connectivity index (χ0v) is 12.6. The maximum absolute atomic E-state index is 14.2. The number of amides is 1. The Balaban J connectivity index is 3.37. The van der Waals surface area contributed by atoms with E-state index in [1.807, 2.05) is 0 Å². The molecule has 1 aromatic rings. The van der Waals surface area contributed by atoms with E-state index in [1.165, 1.54) is 35.6 Å². The number of alkyl halides is 10. The normalized spacial score (nSPS) is 16.9. The molecule has 0 bridgehead atoms. The highest BCUT2D eigenvalue weighted by Gasteiger charge is 2.78. The molecule has 0 unspecified atom stereocenters. The second-order valence-electron chi connectivity index (χ2n) is 5.00. The minimum absolute atomic E-state index is 0.0240. The third-order valence-corrected chi connectivity index (χ3v) is 3.14. The molecule has 148 valence electrons. The average Bonchev–Trinajstić information content (AvgIpc) is 2.43. The Morgan fingerprint density at radius 3 is 1.65 bits per heavy atom. The maximum Gasteiger partial charge on any atom is 0.470 e. The summed E-state index contributed by atoms with van der Waals surface area (Å²) < 4.78 is 128. The number of halogens is 10. The van der Waals surface area contributed by atoms with E-state index >= 15 is 0 Å². The minimum atomic E-state index is -6.88. The van der Waals surface area contributed by atoms with E-state index in [9.17, 15) is 48.7 Å². The van der Waals surface area contributed by atoms with Crippen molar-refractivity contribution in [2.24, 2.45) is 0 Å². The van der Waals surface area contributed by atoms with E-state index in [4.69, 9.17) is 0 Å². The van der Waals surface area contributed by atoms with Crippen LogP contribution >= 0.6 is 0 Å². The number of nitrogens with one attached hydrogen (secondary N) is 1. The zero-order valence-electron chi connectivity index (χ0n) is 12.6. The molecule has 0 aliphatic heterocycles. The van der Waals surface area contributed by atoms with Gasteiger partial charge in [0.1, 0.15) is 0 Å². The number of benzene rings is 1. The van der Waals surface area contributed by atoms with Gasteiger partial charge in [0.15, 0.2) is 0 Å². The molecule has 1 aromatic carbocycles. The summed E-state index contributed by atoms with van der Waals surface area (Å²) in [7, 11) is 0. The highest BCUT2D eigenvalue weighted by molar-refractivity contribution is 5.86. The van der Waals surface area contributed by atoms with Crippen molar-refractivity contribution in [3.05, 3.63) is 35.9 Å². The van der Waals surface area contributed by atoms with Crippen LogP contribution < -0.4 is 5.32 Å². The van der Waals surface area contributed by atoms with Gasteiger partial charge in [-0.2, -0.15) is 39.5 Å². The molecular formula is C13H10F10N2O. The SMILES string of the molecule is C[C@@H](NC(=O)[C@](F)(N(C(F)(F)F)C(F)(F)F)C(F)(F)F)c1ccccc1. The summed E-state index contributed by atoms with van der Waals surface area (Å²) in [6.07, 6.45) is -20.6. The topological polar surface area (TPSA) is 32.3 Å². The molecule has 0 aliphatic rings. The molecule has 0 aliphatic carbocycles. The van der Waals surface area contributed by atoms with Gasteiger partial charge in [-0.1, -0.05) is 35.2 Å². The van der Waals surface area contributed by atoms with Crippen LogP contribution in [0.1, 0.15) is 18.5 Å². The lowest BCUT2D eigenvalue weighted by Gasteiger charge is -2.38. The summed E-state index contributed by atoms with van der Waals surface area (Å²) in [6, 6.07) is 5.03. The van der Waals surface area contributed by atoms with Crippen molar-refractivity contribution >= 4 is 5.91 Å². The van der Waals surface area contributed by atoms with E-state index in [0.717, 1.165) is 6.92 Å². The monoisotopic (exact) mass is 400 g/mol. The number of hydrogen-bond donors (Lipinski definition) is 1. The molecule has 2 atom stereocenters. The highest BCUT2D eigenvalue weighted by atomic mass is 19.4. The van der Waals surface area contributed by atoms with Crippen molar-refractivity contribution in [1.82, 2.24) is 10.2 Å². The summed E-state index contributed by atoms with van der Waals surface area (Å²) in [5.41, 5.74) is 0.0240. The summed E-state index contributed by atoms with van der Waals surface area (Å²) in [5.74, 6) is -9.58. The number of carbonyl (C=O) groups excluding carboxylic acids is 1. The van der Waals surface area contributed by atoms with Gasteiger partial charge in [0.05, 0.1) is 6.04 Å². The quantitative estimate of drug-likeness (QED) is 0.599. The molecule has 0 radical (unpaired) electrons. The highest BCUT2D eigenvalue weighted by Crippen LogP contribution is 2.48. The smallest absolute Gasteiger partial charge is 0.345 e. The number of nitrogens with zero attached hydrogens (tertiary/aromatic N) is 1. The number of rotatable bonds is 4. The van der Waals surface area contributed by atoms with E-state index in [-0.39, 0.29) is 5.56 Å². The predicted octanol–water partition coefficient (Wildman–Crippen LogP) is 4.43. The largest absolute Gasteiger partial charge is 0.470 e. The molecule has 0 aromatic heterocycles. The first-order valence-electron chi connectivity index (χ1n) is 6.58. The summed E-state index contributed by atoms with van der Waals surface area (Å²) >= 11 is 0. The molecule has 0 spiro atoms. The van der Waals surface area contributed by atoms with E-state index in [2.05, 4.69) is 0 Å². The molecule has 0 heterocycles. The van der Waals surface area contributed by atoms with Crippen LogP contribution in [0, 0.1) is 0 Å². The molecule has 0 fully saturated rings. The first-order valence-corrected chi connectivity index (χ1v) is 6.58. The van der Waals surface area contributed by atoms with Crippen molar-refractivity contribution in [2.45, 2.75) is 37.5 Å². The summed E-state index contributed by atoms with van der Waals surface area (Å²) in [4.78, 5) is 8.17. The van der Waals surface area contributed by atoms with Crippen LogP contribution in [0.4, 0.5) is 43.9 Å². The van der Waals surface area contributed by atoms with Crippen molar-refractivity contribution in [1.29, 1.82) is 0 Å². The van der Waals surface area contributed by atoms with Crippen LogP contribution in [-0.4, -0.2) is 35.4 Å². The maximum atomic E-state index is 14.2. The molecule has 1 N–H and O–H groups in total. The third kappa shape index (κ3) is 4.37. The van der Waals surface area contributed by atoms with Crippen molar-refractivity contribution < 1.29 is 48.7 Å². The summed E-state index contributed by atoms with van der Waals surface area (Å²) in [6.45, 7) is 0.954. The average molecular weight is 400 g/mol. The van der Waals surface area contributed by atoms with Crippen molar-refractivity contribution in [2.75, 3.05) is 0 Å². The Kier molecular flexibility index (Phi) is 5.86. The van der Waals surface area contributed by atoms with E-state index in [0.29, 0.717) is 0 Å². The Hall–Kier alpha value is -2.05. The first kappa shape index (κ1) is 22.0. The van der Waals surface area contributed by atoms with Gasteiger partial charge in [0, 0.05) is 0 Å². The molecular weight excluding hydrogens is 390 g/mol. The lowest BCUT2D eigenvalue weighted by molar-refractivity contribution is -0.444. The van der Waals surface area contributed by atoms with Crippen LogP contribution in [0.2, 0.25) is 0 Å². The number of carbonyl (C=O) groups is 1. The van der Waals surface area contributed by atoms with Gasteiger partial charge in [-0.05, 0) is 12.5 Å².